The van der Waals surface area contributed by atoms with Gasteiger partial charge in [-0.15, -0.1) is 0 Å². The van der Waals surface area contributed by atoms with Gasteiger partial charge in [-0.1, -0.05) is 36.4 Å². The second-order valence-corrected chi connectivity index (χ2v) is 6.87. The van der Waals surface area contributed by atoms with E-state index in [1.54, 1.807) is 72.8 Å². The Balaban J connectivity index is 1.62. The van der Waals surface area contributed by atoms with Crippen LogP contribution in [-0.4, -0.2) is 26.1 Å². The van der Waals surface area contributed by atoms with Crippen LogP contribution in [0.5, 0.6) is 11.5 Å². The van der Waals surface area contributed by atoms with Crippen LogP contribution in [-0.2, 0) is 16.1 Å². The van der Waals surface area contributed by atoms with Crippen LogP contribution in [0, 0.1) is 11.3 Å². The Morgan fingerprint density at radius 2 is 1.67 bits per heavy atom. The van der Waals surface area contributed by atoms with E-state index >= 15 is 0 Å². The van der Waals surface area contributed by atoms with Crippen molar-refractivity contribution in [1.82, 2.24) is 0 Å². The van der Waals surface area contributed by atoms with E-state index in [4.69, 9.17) is 9.47 Å². The van der Waals surface area contributed by atoms with Gasteiger partial charge in [-0.2, -0.15) is 5.26 Å². The molecule has 0 saturated heterocycles. The van der Waals surface area contributed by atoms with Gasteiger partial charge in [0.1, 0.15) is 29.7 Å². The molecule has 0 saturated carbocycles. The maximum Gasteiger partial charge on any atom is 0.337 e. The van der Waals surface area contributed by atoms with Crippen molar-refractivity contribution < 1.29 is 23.8 Å². The summed E-state index contributed by atoms with van der Waals surface area (Å²) < 4.78 is 15.7. The zero-order chi connectivity index (χ0) is 23.6. The molecule has 1 N–H and O–H groups in total. The first kappa shape index (κ1) is 23.1. The SMILES string of the molecule is COC(=O)c1ccc(COc2ccc(/C=C(\C#N)C(=O)Nc3ccccc3OC)cc2)cc1. The van der Waals surface area contributed by atoms with Gasteiger partial charge in [0.25, 0.3) is 5.91 Å². The lowest BCUT2D eigenvalue weighted by Gasteiger charge is -2.09. The average Bonchev–Trinajstić information content (AvgIpc) is 2.86. The van der Waals surface area contributed by atoms with E-state index in [2.05, 4.69) is 10.1 Å². The second kappa shape index (κ2) is 11.2. The van der Waals surface area contributed by atoms with E-state index < -0.39 is 5.91 Å². The topological polar surface area (TPSA) is 97.7 Å². The van der Waals surface area contributed by atoms with Gasteiger partial charge < -0.3 is 19.5 Å². The second-order valence-electron chi connectivity index (χ2n) is 6.87. The summed E-state index contributed by atoms with van der Waals surface area (Å²) in [5, 5.41) is 12.1. The van der Waals surface area contributed by atoms with Gasteiger partial charge in [-0.3, -0.25) is 4.79 Å². The average molecular weight is 442 g/mol. The molecule has 0 aliphatic heterocycles. The first-order valence-electron chi connectivity index (χ1n) is 10.0. The Kier molecular flexibility index (Phi) is 7.81. The molecule has 0 aliphatic rings. The summed E-state index contributed by atoms with van der Waals surface area (Å²) >= 11 is 0. The summed E-state index contributed by atoms with van der Waals surface area (Å²) in [7, 11) is 2.84. The number of methoxy groups -OCH3 is 2. The minimum atomic E-state index is -0.530. The molecule has 7 nitrogen and oxygen atoms in total. The summed E-state index contributed by atoms with van der Waals surface area (Å²) in [4.78, 5) is 24.0. The van der Waals surface area contributed by atoms with Crippen molar-refractivity contribution in [3.63, 3.8) is 0 Å². The quantitative estimate of drug-likeness (QED) is 0.311. The van der Waals surface area contributed by atoms with Crippen molar-refractivity contribution >= 4 is 23.6 Å². The number of carbonyl (C=O) groups excluding carboxylic acids is 2. The normalized spacial score (nSPS) is 10.6. The lowest BCUT2D eigenvalue weighted by Crippen LogP contribution is -2.14. The highest BCUT2D eigenvalue weighted by Gasteiger charge is 2.12. The van der Waals surface area contributed by atoms with Crippen LogP contribution in [0.1, 0.15) is 21.5 Å². The van der Waals surface area contributed by atoms with Crippen LogP contribution in [0.15, 0.2) is 78.4 Å². The molecule has 1 amide bonds. The van der Waals surface area contributed by atoms with Crippen molar-refractivity contribution in [3.05, 3.63) is 95.1 Å². The molecule has 0 heterocycles. The summed E-state index contributed by atoms with van der Waals surface area (Å²) in [5.41, 5.74) is 2.48. The van der Waals surface area contributed by atoms with Crippen LogP contribution in [0.2, 0.25) is 0 Å². The molecule has 0 aliphatic carbocycles. The van der Waals surface area contributed by atoms with Crippen molar-refractivity contribution in [1.29, 1.82) is 5.26 Å². The predicted octanol–water partition coefficient (Wildman–Crippen LogP) is 4.61. The van der Waals surface area contributed by atoms with Crippen molar-refractivity contribution in [3.8, 4) is 17.6 Å². The fourth-order valence-corrected chi connectivity index (χ4v) is 2.93. The van der Waals surface area contributed by atoms with Gasteiger partial charge in [0.2, 0.25) is 0 Å². The molecule has 7 heteroatoms. The fourth-order valence-electron chi connectivity index (χ4n) is 2.93. The molecule has 0 atom stereocenters. The maximum atomic E-state index is 12.5. The van der Waals surface area contributed by atoms with Crippen molar-refractivity contribution in [2.24, 2.45) is 0 Å². The molecule has 3 rings (SSSR count). The molecule has 0 fully saturated rings. The summed E-state index contributed by atoms with van der Waals surface area (Å²) in [5.74, 6) is 0.211. The Hall–Kier alpha value is -4.57. The fraction of sp³-hybridized carbons (Fsp3) is 0.115. The highest BCUT2D eigenvalue weighted by molar-refractivity contribution is 6.10. The zero-order valence-electron chi connectivity index (χ0n) is 18.2. The minimum absolute atomic E-state index is 0.0414. The smallest absolute Gasteiger partial charge is 0.337 e. The van der Waals surface area contributed by atoms with E-state index in [1.165, 1.54) is 20.3 Å². The predicted molar refractivity (Wildman–Crippen MR) is 124 cm³/mol. The molecule has 0 unspecified atom stereocenters. The van der Waals surface area contributed by atoms with Crippen LogP contribution in [0.25, 0.3) is 6.08 Å². The highest BCUT2D eigenvalue weighted by atomic mass is 16.5. The monoisotopic (exact) mass is 442 g/mol. The van der Waals surface area contributed by atoms with Crippen LogP contribution >= 0.6 is 0 Å². The first-order chi connectivity index (χ1) is 16.0. The zero-order valence-corrected chi connectivity index (χ0v) is 18.2. The highest BCUT2D eigenvalue weighted by Crippen LogP contribution is 2.24. The number of carbonyl (C=O) groups is 2. The molecule has 0 spiro atoms. The van der Waals surface area contributed by atoms with E-state index in [-0.39, 0.29) is 11.5 Å². The van der Waals surface area contributed by atoms with Crippen LogP contribution < -0.4 is 14.8 Å². The van der Waals surface area contributed by atoms with Gasteiger partial charge >= 0.3 is 5.97 Å². The Morgan fingerprint density at radius 3 is 2.30 bits per heavy atom. The lowest BCUT2D eigenvalue weighted by atomic mass is 10.1. The number of hydrogen-bond acceptors (Lipinski definition) is 6. The van der Waals surface area contributed by atoms with Gasteiger partial charge in [-0.05, 0) is 53.6 Å². The number of nitriles is 1. The number of rotatable bonds is 8. The van der Waals surface area contributed by atoms with Gasteiger partial charge in [-0.25, -0.2) is 4.79 Å². The molecule has 3 aromatic rings. The molecule has 166 valence electrons. The summed E-state index contributed by atoms with van der Waals surface area (Å²) in [6, 6.07) is 22.9. The third-order valence-corrected chi connectivity index (χ3v) is 4.69. The van der Waals surface area contributed by atoms with Crippen molar-refractivity contribution in [2.75, 3.05) is 19.5 Å². The number of hydrogen-bond donors (Lipinski definition) is 1. The standard InChI is InChI=1S/C26H22N2O5/c1-31-24-6-4-3-5-23(24)28-25(29)21(16-27)15-18-9-13-22(14-10-18)33-17-19-7-11-20(12-8-19)26(30)32-2/h3-15H,17H2,1-2H3,(H,28,29)/b21-15+. The van der Waals surface area contributed by atoms with Gasteiger partial charge in [0, 0.05) is 0 Å². The number of anilines is 1. The van der Waals surface area contributed by atoms with Crippen molar-refractivity contribution in [2.45, 2.75) is 6.61 Å². The Bertz CT molecular complexity index is 1190. The van der Waals surface area contributed by atoms with E-state index in [9.17, 15) is 14.9 Å². The molecule has 33 heavy (non-hydrogen) atoms. The number of benzene rings is 3. The molecular formula is C26H22N2O5. The Labute approximate surface area is 191 Å². The van der Waals surface area contributed by atoms with E-state index in [0.717, 1.165) is 5.56 Å². The number of ether oxygens (including phenoxy) is 3. The Morgan fingerprint density at radius 1 is 0.970 bits per heavy atom. The van der Waals surface area contributed by atoms with Crippen LogP contribution in [0.3, 0.4) is 0 Å². The molecule has 0 radical (unpaired) electrons. The number of nitrogens with one attached hydrogen (secondary N) is 1. The summed E-state index contributed by atoms with van der Waals surface area (Å²) in [6.07, 6.45) is 1.50. The van der Waals surface area contributed by atoms with Crippen LogP contribution in [0.4, 0.5) is 5.69 Å². The number of nitrogens with zero attached hydrogens (tertiary/aromatic N) is 1. The lowest BCUT2D eigenvalue weighted by molar-refractivity contribution is -0.112. The summed E-state index contributed by atoms with van der Waals surface area (Å²) in [6.45, 7) is 0.321. The first-order valence-corrected chi connectivity index (χ1v) is 10.0. The molecule has 3 aromatic carbocycles. The number of esters is 1. The minimum Gasteiger partial charge on any atom is -0.495 e. The molecular weight excluding hydrogens is 420 g/mol. The van der Waals surface area contributed by atoms with Gasteiger partial charge in [0.15, 0.2) is 0 Å². The molecule has 0 bridgehead atoms. The third-order valence-electron chi connectivity index (χ3n) is 4.69. The van der Waals surface area contributed by atoms with E-state index in [0.29, 0.717) is 34.9 Å². The van der Waals surface area contributed by atoms with Gasteiger partial charge in [0.05, 0.1) is 25.5 Å². The largest absolute Gasteiger partial charge is 0.495 e. The molecule has 0 aromatic heterocycles. The number of amides is 1. The van der Waals surface area contributed by atoms with E-state index in [1.807, 2.05) is 6.07 Å². The number of para-hydroxylation sites is 2. The maximum absolute atomic E-state index is 12.5. The third kappa shape index (κ3) is 6.21.